The Morgan fingerprint density at radius 2 is 1.90 bits per heavy atom. The van der Waals surface area contributed by atoms with Gasteiger partial charge in [0.1, 0.15) is 5.69 Å². The summed E-state index contributed by atoms with van der Waals surface area (Å²) in [5.41, 5.74) is 3.76. The maximum atomic E-state index is 12.9. The summed E-state index contributed by atoms with van der Waals surface area (Å²) in [5, 5.41) is 3.65. The second-order valence-electron chi connectivity index (χ2n) is 8.36. The largest absolute Gasteiger partial charge is 0.350 e. The maximum absolute atomic E-state index is 12.9. The van der Waals surface area contributed by atoms with Crippen LogP contribution in [0.5, 0.6) is 0 Å². The van der Waals surface area contributed by atoms with Crippen LogP contribution in [-0.2, 0) is 4.79 Å². The Morgan fingerprint density at radius 1 is 1.10 bits per heavy atom. The maximum Gasteiger partial charge on any atom is 0.270 e. The molecule has 8 heteroatoms. The summed E-state index contributed by atoms with van der Waals surface area (Å²) in [6.45, 7) is 5.40. The molecule has 152 valence electrons. The Bertz CT molecular complexity index is 1290. The van der Waals surface area contributed by atoms with Gasteiger partial charge in [-0.1, -0.05) is 17.4 Å². The van der Waals surface area contributed by atoms with E-state index in [1.165, 1.54) is 21.8 Å². The number of piperidine rings is 1. The molecule has 2 N–H and O–H groups in total. The number of likely N-dealkylation sites (tertiary alicyclic amines) is 1. The fourth-order valence-electron chi connectivity index (χ4n) is 4.69. The number of fused-ring (bicyclic) bond motifs is 3. The zero-order valence-electron chi connectivity index (χ0n) is 16.6. The van der Waals surface area contributed by atoms with Gasteiger partial charge in [0.2, 0.25) is 5.91 Å². The van der Waals surface area contributed by atoms with Crippen LogP contribution in [0.3, 0.4) is 0 Å². The van der Waals surface area contributed by atoms with Crippen molar-refractivity contribution in [2.45, 2.75) is 13.8 Å². The third kappa shape index (κ3) is 2.86. The standard InChI is InChI=1S/C22H20N4O2S2/c1-10-3-4-14-17(5-10)30-22(24-14)25-20(27)19-12-8-26(9-13(12)19)21(28)16-7-18-15(23-16)6-11(2)29-18/h3-7,12-13,19,23H,8-9H2,1-2H3,(H,24,25,27)/t12-,13+,19?. The van der Waals surface area contributed by atoms with E-state index in [9.17, 15) is 9.59 Å². The van der Waals surface area contributed by atoms with Crippen LogP contribution in [-0.4, -0.2) is 39.8 Å². The molecule has 2 aliphatic rings. The van der Waals surface area contributed by atoms with Gasteiger partial charge in [-0.25, -0.2) is 4.98 Å². The van der Waals surface area contributed by atoms with Crippen molar-refractivity contribution in [3.63, 3.8) is 0 Å². The Morgan fingerprint density at radius 3 is 2.67 bits per heavy atom. The molecule has 0 bridgehead atoms. The van der Waals surface area contributed by atoms with Crippen molar-refractivity contribution >= 4 is 60.1 Å². The van der Waals surface area contributed by atoms with Gasteiger partial charge in [-0.05, 0) is 55.5 Å². The van der Waals surface area contributed by atoms with Crippen LogP contribution in [0.4, 0.5) is 5.13 Å². The molecular formula is C22H20N4O2S2. The number of anilines is 1. The van der Waals surface area contributed by atoms with Crippen LogP contribution in [0.25, 0.3) is 20.4 Å². The van der Waals surface area contributed by atoms with E-state index in [1.807, 2.05) is 30.0 Å². The van der Waals surface area contributed by atoms with E-state index in [0.717, 1.165) is 20.4 Å². The highest BCUT2D eigenvalue weighted by molar-refractivity contribution is 7.22. The monoisotopic (exact) mass is 436 g/mol. The van der Waals surface area contributed by atoms with Gasteiger partial charge in [-0.2, -0.15) is 0 Å². The molecule has 0 spiro atoms. The number of nitrogens with one attached hydrogen (secondary N) is 2. The van der Waals surface area contributed by atoms with Gasteiger partial charge in [0.05, 0.1) is 20.4 Å². The van der Waals surface area contributed by atoms with Gasteiger partial charge in [-0.15, -0.1) is 11.3 Å². The topological polar surface area (TPSA) is 78.1 Å². The molecule has 6 rings (SSSR count). The minimum atomic E-state index is -0.0161. The first kappa shape index (κ1) is 18.1. The Labute approximate surface area is 180 Å². The molecule has 30 heavy (non-hydrogen) atoms. The van der Waals surface area contributed by atoms with E-state index < -0.39 is 0 Å². The highest BCUT2D eigenvalue weighted by Gasteiger charge is 2.60. The highest BCUT2D eigenvalue weighted by atomic mass is 32.1. The number of hydrogen-bond donors (Lipinski definition) is 2. The second kappa shape index (κ2) is 6.39. The Balaban J connectivity index is 1.10. The van der Waals surface area contributed by atoms with Gasteiger partial charge in [0.15, 0.2) is 5.13 Å². The van der Waals surface area contributed by atoms with Crippen LogP contribution < -0.4 is 5.32 Å². The number of aryl methyl sites for hydroxylation is 2. The third-order valence-corrected chi connectivity index (χ3v) is 8.15. The smallest absolute Gasteiger partial charge is 0.270 e. The number of rotatable bonds is 3. The van der Waals surface area contributed by atoms with Crippen LogP contribution in [0, 0.1) is 31.6 Å². The van der Waals surface area contributed by atoms with Crippen LogP contribution in [0.15, 0.2) is 30.3 Å². The first-order chi connectivity index (χ1) is 14.5. The fourth-order valence-corrected chi connectivity index (χ4v) is 6.58. The number of thiophene rings is 1. The van der Waals surface area contributed by atoms with Gasteiger partial charge in [-0.3, -0.25) is 9.59 Å². The van der Waals surface area contributed by atoms with Crippen molar-refractivity contribution in [2.75, 3.05) is 18.4 Å². The average Bonchev–Trinajstić information content (AvgIpc) is 3.16. The van der Waals surface area contributed by atoms with E-state index in [-0.39, 0.29) is 29.6 Å². The number of hydrogen-bond acceptors (Lipinski definition) is 5. The number of aromatic amines is 1. The molecular weight excluding hydrogens is 416 g/mol. The number of carbonyl (C=O) groups excluding carboxylic acids is 2. The molecule has 4 heterocycles. The number of nitrogens with zero attached hydrogens (tertiary/aromatic N) is 2. The van der Waals surface area contributed by atoms with E-state index in [0.29, 0.717) is 23.9 Å². The average molecular weight is 437 g/mol. The fraction of sp³-hybridized carbons (Fsp3) is 0.318. The SMILES string of the molecule is Cc1ccc2nc(NC(=O)C3[C@H]4CN(C(=O)c5cc6sc(C)cc6[nH]5)C[C@@H]34)sc2c1. The molecule has 3 atom stereocenters. The Kier molecular flexibility index (Phi) is 3.85. The van der Waals surface area contributed by atoms with E-state index >= 15 is 0 Å². The molecule has 4 aromatic rings. The van der Waals surface area contributed by atoms with E-state index in [1.54, 1.807) is 11.3 Å². The first-order valence-electron chi connectivity index (χ1n) is 10.0. The second-order valence-corrected chi connectivity index (χ2v) is 10.7. The highest BCUT2D eigenvalue weighted by Crippen LogP contribution is 2.52. The van der Waals surface area contributed by atoms with Crippen LogP contribution in [0.2, 0.25) is 0 Å². The van der Waals surface area contributed by atoms with Crippen molar-refractivity contribution in [2.24, 2.45) is 17.8 Å². The van der Waals surface area contributed by atoms with Gasteiger partial charge >= 0.3 is 0 Å². The van der Waals surface area contributed by atoms with Gasteiger partial charge < -0.3 is 15.2 Å². The van der Waals surface area contributed by atoms with Crippen LogP contribution in [0.1, 0.15) is 20.9 Å². The molecule has 1 aliphatic carbocycles. The zero-order chi connectivity index (χ0) is 20.6. The number of carbonyl (C=O) groups is 2. The summed E-state index contributed by atoms with van der Waals surface area (Å²) in [6.07, 6.45) is 0. The quantitative estimate of drug-likeness (QED) is 0.499. The molecule has 3 aromatic heterocycles. The molecule has 1 saturated carbocycles. The summed E-state index contributed by atoms with van der Waals surface area (Å²) in [4.78, 5) is 36.5. The zero-order valence-corrected chi connectivity index (χ0v) is 18.2. The molecule has 2 amide bonds. The van der Waals surface area contributed by atoms with Crippen molar-refractivity contribution in [1.29, 1.82) is 0 Å². The van der Waals surface area contributed by atoms with Crippen molar-refractivity contribution in [1.82, 2.24) is 14.9 Å². The summed E-state index contributed by atoms with van der Waals surface area (Å²) in [7, 11) is 0. The van der Waals surface area contributed by atoms with Gasteiger partial charge in [0, 0.05) is 23.9 Å². The third-order valence-electron chi connectivity index (χ3n) is 6.22. The van der Waals surface area contributed by atoms with Crippen molar-refractivity contribution < 1.29 is 9.59 Å². The lowest BCUT2D eigenvalue weighted by atomic mass is 10.2. The minimum Gasteiger partial charge on any atom is -0.350 e. The van der Waals surface area contributed by atoms with Gasteiger partial charge in [0.25, 0.3) is 5.91 Å². The van der Waals surface area contributed by atoms with Crippen molar-refractivity contribution in [3.8, 4) is 0 Å². The molecule has 0 radical (unpaired) electrons. The molecule has 6 nitrogen and oxygen atoms in total. The van der Waals surface area contributed by atoms with E-state index in [4.69, 9.17) is 0 Å². The first-order valence-corrected chi connectivity index (χ1v) is 11.7. The summed E-state index contributed by atoms with van der Waals surface area (Å²) >= 11 is 3.20. The molecule has 2 fully saturated rings. The number of thiazole rings is 1. The summed E-state index contributed by atoms with van der Waals surface area (Å²) in [5.74, 6) is 0.554. The van der Waals surface area contributed by atoms with Crippen LogP contribution >= 0.6 is 22.7 Å². The molecule has 1 aliphatic heterocycles. The molecule has 1 saturated heterocycles. The minimum absolute atomic E-state index is 0.0161. The number of aromatic nitrogens is 2. The normalized spacial score (nSPS) is 22.6. The van der Waals surface area contributed by atoms with Crippen molar-refractivity contribution in [3.05, 3.63) is 46.5 Å². The molecule has 1 aromatic carbocycles. The lowest BCUT2D eigenvalue weighted by Gasteiger charge is -2.18. The van der Waals surface area contributed by atoms with E-state index in [2.05, 4.69) is 34.3 Å². The number of amides is 2. The predicted molar refractivity (Wildman–Crippen MR) is 120 cm³/mol. The number of benzene rings is 1. The molecule has 1 unspecified atom stereocenters. The lowest BCUT2D eigenvalue weighted by molar-refractivity contribution is -0.118. The summed E-state index contributed by atoms with van der Waals surface area (Å²) in [6, 6.07) is 10.1. The lowest BCUT2D eigenvalue weighted by Crippen LogP contribution is -2.33. The predicted octanol–water partition coefficient (Wildman–Crippen LogP) is 4.41. The number of H-pyrrole nitrogens is 1. The summed E-state index contributed by atoms with van der Waals surface area (Å²) < 4.78 is 2.20. The Hall–Kier alpha value is -2.71.